The summed E-state index contributed by atoms with van der Waals surface area (Å²) in [4.78, 5) is 10.8. The fourth-order valence-corrected chi connectivity index (χ4v) is 1.23. The summed E-state index contributed by atoms with van der Waals surface area (Å²) in [5, 5.41) is 0.884. The lowest BCUT2D eigenvalue weighted by molar-refractivity contribution is -0.137. The lowest BCUT2D eigenvalue weighted by Crippen LogP contribution is -2.00. The molecule has 0 bridgehead atoms. The maximum Gasteiger partial charge on any atom is 0.330 e. The molecule has 0 aliphatic rings. The molecule has 3 heteroatoms. The minimum atomic E-state index is -0.244. The van der Waals surface area contributed by atoms with Crippen LogP contribution in [-0.4, -0.2) is 17.9 Å². The summed E-state index contributed by atoms with van der Waals surface area (Å²) in [6, 6.07) is 0. The van der Waals surface area contributed by atoms with E-state index >= 15 is 0 Å². The molecule has 0 spiro atoms. The van der Waals surface area contributed by atoms with Crippen molar-refractivity contribution in [2.24, 2.45) is 0 Å². The van der Waals surface area contributed by atoms with Gasteiger partial charge in [0.25, 0.3) is 0 Å². The van der Waals surface area contributed by atoms with Crippen molar-refractivity contribution >= 4 is 21.9 Å². The van der Waals surface area contributed by atoms with E-state index in [0.29, 0.717) is 6.61 Å². The lowest BCUT2D eigenvalue weighted by atomic mass is 10.2. The van der Waals surface area contributed by atoms with Crippen molar-refractivity contribution in [1.82, 2.24) is 0 Å². The molecule has 0 saturated carbocycles. The second-order valence-electron chi connectivity index (χ2n) is 2.18. The summed E-state index contributed by atoms with van der Waals surface area (Å²) >= 11 is 3.29. The largest absolute Gasteiger partial charge is 0.463 e. The number of esters is 1. The van der Waals surface area contributed by atoms with Gasteiger partial charge in [0.1, 0.15) is 0 Å². The highest BCUT2D eigenvalue weighted by Crippen LogP contribution is 2.02. The van der Waals surface area contributed by atoms with Crippen molar-refractivity contribution in [2.45, 2.75) is 20.3 Å². The van der Waals surface area contributed by atoms with E-state index in [1.807, 2.05) is 6.92 Å². The molecular weight excluding hydrogens is 208 g/mol. The highest BCUT2D eigenvalue weighted by Gasteiger charge is 1.96. The van der Waals surface area contributed by atoms with Crippen LogP contribution < -0.4 is 0 Å². The third kappa shape index (κ3) is 6.10. The van der Waals surface area contributed by atoms with E-state index in [9.17, 15) is 4.79 Å². The Bertz CT molecular complexity index is 152. The van der Waals surface area contributed by atoms with Crippen molar-refractivity contribution in [1.29, 1.82) is 0 Å². The van der Waals surface area contributed by atoms with Gasteiger partial charge in [0.15, 0.2) is 0 Å². The summed E-state index contributed by atoms with van der Waals surface area (Å²) in [5.74, 6) is -0.244. The van der Waals surface area contributed by atoms with E-state index in [0.717, 1.165) is 17.3 Å². The van der Waals surface area contributed by atoms with Gasteiger partial charge >= 0.3 is 5.97 Å². The summed E-state index contributed by atoms with van der Waals surface area (Å²) in [5.41, 5.74) is 1.04. The molecular formula is C8H13BrO2. The van der Waals surface area contributed by atoms with Crippen LogP contribution in [-0.2, 0) is 9.53 Å². The molecule has 0 heterocycles. The Morgan fingerprint density at radius 1 is 1.64 bits per heavy atom. The Kier molecular flexibility index (Phi) is 6.22. The van der Waals surface area contributed by atoms with Gasteiger partial charge in [-0.15, -0.1) is 0 Å². The van der Waals surface area contributed by atoms with Crippen molar-refractivity contribution in [2.75, 3.05) is 11.9 Å². The zero-order chi connectivity index (χ0) is 8.69. The molecule has 0 atom stereocenters. The quantitative estimate of drug-likeness (QED) is 0.413. The van der Waals surface area contributed by atoms with Gasteiger partial charge in [0.05, 0.1) is 6.61 Å². The molecule has 0 amide bonds. The van der Waals surface area contributed by atoms with Gasteiger partial charge < -0.3 is 4.74 Å². The van der Waals surface area contributed by atoms with Gasteiger partial charge in [-0.3, -0.25) is 0 Å². The SMILES string of the molecule is CCOC(=O)/C=C(\C)CCBr. The molecule has 2 nitrogen and oxygen atoms in total. The van der Waals surface area contributed by atoms with E-state index in [4.69, 9.17) is 4.74 Å². The van der Waals surface area contributed by atoms with Crippen LogP contribution >= 0.6 is 15.9 Å². The zero-order valence-corrected chi connectivity index (χ0v) is 8.48. The van der Waals surface area contributed by atoms with Crippen LogP contribution in [0.4, 0.5) is 0 Å². The third-order valence-corrected chi connectivity index (χ3v) is 1.54. The fourth-order valence-electron chi connectivity index (χ4n) is 0.606. The molecule has 0 rings (SSSR count). The highest BCUT2D eigenvalue weighted by molar-refractivity contribution is 9.09. The predicted octanol–water partition coefficient (Wildman–Crippen LogP) is 2.28. The maximum atomic E-state index is 10.8. The van der Waals surface area contributed by atoms with Gasteiger partial charge in [-0.05, 0) is 20.3 Å². The van der Waals surface area contributed by atoms with Gasteiger partial charge in [-0.25, -0.2) is 4.79 Å². The molecule has 0 unspecified atom stereocenters. The molecule has 0 aliphatic carbocycles. The van der Waals surface area contributed by atoms with Crippen LogP contribution in [0.15, 0.2) is 11.6 Å². The number of allylic oxidation sites excluding steroid dienone is 1. The van der Waals surface area contributed by atoms with E-state index in [1.165, 1.54) is 6.08 Å². The molecule has 0 aromatic carbocycles. The predicted molar refractivity (Wildman–Crippen MR) is 48.8 cm³/mol. The first-order valence-electron chi connectivity index (χ1n) is 3.60. The molecule has 0 aliphatic heterocycles. The molecule has 0 aromatic heterocycles. The van der Waals surface area contributed by atoms with Gasteiger partial charge in [-0.2, -0.15) is 0 Å². The normalized spacial score (nSPS) is 11.4. The number of ether oxygens (including phenoxy) is 1. The number of carbonyl (C=O) groups is 1. The number of halogens is 1. The standard InChI is InChI=1S/C8H13BrO2/c1-3-11-8(10)6-7(2)4-5-9/h6H,3-5H2,1-2H3/b7-6+. The first-order valence-corrected chi connectivity index (χ1v) is 4.72. The molecule has 0 saturated heterocycles. The number of carbonyl (C=O) groups excluding carboxylic acids is 1. The fraction of sp³-hybridized carbons (Fsp3) is 0.625. The minimum absolute atomic E-state index is 0.244. The number of alkyl halides is 1. The number of hydrogen-bond donors (Lipinski definition) is 0. The van der Waals surface area contributed by atoms with Crippen LogP contribution in [0.3, 0.4) is 0 Å². The Balaban J connectivity index is 3.76. The first kappa shape index (κ1) is 10.7. The second-order valence-corrected chi connectivity index (χ2v) is 2.97. The Hall–Kier alpha value is -0.310. The van der Waals surface area contributed by atoms with Crippen LogP contribution in [0.2, 0.25) is 0 Å². The number of hydrogen-bond acceptors (Lipinski definition) is 2. The molecule has 0 N–H and O–H groups in total. The van der Waals surface area contributed by atoms with Gasteiger partial charge in [0, 0.05) is 11.4 Å². The van der Waals surface area contributed by atoms with E-state index in [1.54, 1.807) is 6.92 Å². The lowest BCUT2D eigenvalue weighted by Gasteiger charge is -1.97. The Morgan fingerprint density at radius 3 is 2.73 bits per heavy atom. The summed E-state index contributed by atoms with van der Waals surface area (Å²) in [7, 11) is 0. The Labute approximate surface area is 75.7 Å². The van der Waals surface area contributed by atoms with Crippen molar-refractivity contribution in [3.05, 3.63) is 11.6 Å². The third-order valence-electron chi connectivity index (χ3n) is 1.14. The van der Waals surface area contributed by atoms with E-state index in [2.05, 4.69) is 15.9 Å². The summed E-state index contributed by atoms with van der Waals surface area (Å²) < 4.78 is 4.73. The van der Waals surface area contributed by atoms with Crippen LogP contribution in [0.1, 0.15) is 20.3 Å². The van der Waals surface area contributed by atoms with E-state index < -0.39 is 0 Å². The molecule has 11 heavy (non-hydrogen) atoms. The first-order chi connectivity index (χ1) is 5.20. The smallest absolute Gasteiger partial charge is 0.330 e. The monoisotopic (exact) mass is 220 g/mol. The Morgan fingerprint density at radius 2 is 2.27 bits per heavy atom. The average molecular weight is 221 g/mol. The zero-order valence-electron chi connectivity index (χ0n) is 6.89. The van der Waals surface area contributed by atoms with Gasteiger partial charge in [-0.1, -0.05) is 21.5 Å². The minimum Gasteiger partial charge on any atom is -0.463 e. The topological polar surface area (TPSA) is 26.3 Å². The number of rotatable bonds is 4. The van der Waals surface area contributed by atoms with Crippen LogP contribution in [0.5, 0.6) is 0 Å². The van der Waals surface area contributed by atoms with Gasteiger partial charge in [0.2, 0.25) is 0 Å². The van der Waals surface area contributed by atoms with Crippen molar-refractivity contribution in [3.63, 3.8) is 0 Å². The second kappa shape index (κ2) is 6.40. The molecule has 64 valence electrons. The van der Waals surface area contributed by atoms with E-state index in [-0.39, 0.29) is 5.97 Å². The van der Waals surface area contributed by atoms with Crippen molar-refractivity contribution in [3.8, 4) is 0 Å². The highest BCUT2D eigenvalue weighted by atomic mass is 79.9. The average Bonchev–Trinajstić information content (AvgIpc) is 1.87. The van der Waals surface area contributed by atoms with Crippen LogP contribution in [0, 0.1) is 0 Å². The van der Waals surface area contributed by atoms with Crippen molar-refractivity contribution < 1.29 is 9.53 Å². The summed E-state index contributed by atoms with van der Waals surface area (Å²) in [6.45, 7) is 4.15. The maximum absolute atomic E-state index is 10.8. The molecule has 0 fully saturated rings. The molecule has 0 radical (unpaired) electrons. The van der Waals surface area contributed by atoms with Crippen LogP contribution in [0.25, 0.3) is 0 Å². The summed E-state index contributed by atoms with van der Waals surface area (Å²) in [6.07, 6.45) is 2.42. The molecule has 0 aromatic rings.